The van der Waals surface area contributed by atoms with Crippen LogP contribution in [0.15, 0.2) is 104 Å². The van der Waals surface area contributed by atoms with E-state index in [0.29, 0.717) is 11.1 Å². The summed E-state index contributed by atoms with van der Waals surface area (Å²) in [4.78, 5) is 9.24. The highest BCUT2D eigenvalue weighted by Crippen LogP contribution is 2.46. The van der Waals surface area contributed by atoms with Crippen LogP contribution in [0.1, 0.15) is 53.9 Å². The minimum absolute atomic E-state index is 0.479. The van der Waals surface area contributed by atoms with Crippen molar-refractivity contribution in [3.05, 3.63) is 131 Å². The first-order valence-electron chi connectivity index (χ1n) is 12.0. The van der Waals surface area contributed by atoms with Crippen LogP contribution in [0.3, 0.4) is 0 Å². The van der Waals surface area contributed by atoms with Crippen molar-refractivity contribution in [3.8, 4) is 0 Å². The van der Waals surface area contributed by atoms with Gasteiger partial charge in [0.1, 0.15) is 22.7 Å². The molecule has 0 atom stereocenters. The van der Waals surface area contributed by atoms with Gasteiger partial charge in [0, 0.05) is 6.20 Å². The molecule has 4 heteroatoms. The van der Waals surface area contributed by atoms with Gasteiger partial charge in [-0.25, -0.2) is 9.97 Å². The van der Waals surface area contributed by atoms with Crippen molar-refractivity contribution in [2.24, 2.45) is 0 Å². The van der Waals surface area contributed by atoms with E-state index >= 15 is 0 Å². The van der Waals surface area contributed by atoms with E-state index < -0.39 is 5.54 Å². The van der Waals surface area contributed by atoms with Crippen molar-refractivity contribution in [2.45, 2.75) is 37.1 Å². The average molecular weight is 464 g/mol. The SMILES string of the molecule is Clc1ncnc2c1c(C1CCCC1)cn2C(c1ccccc1)(c1ccccc1)c1ccccc1. The molecule has 0 radical (unpaired) electrons. The third-order valence-electron chi connectivity index (χ3n) is 7.30. The number of fused-ring (bicyclic) bond motifs is 1. The van der Waals surface area contributed by atoms with Crippen LogP contribution in [-0.2, 0) is 5.54 Å². The Morgan fingerprint density at radius 2 is 1.21 bits per heavy atom. The van der Waals surface area contributed by atoms with Gasteiger partial charge in [0.2, 0.25) is 0 Å². The second kappa shape index (κ2) is 8.73. The molecular formula is C30H26ClN3. The maximum Gasteiger partial charge on any atom is 0.146 e. The van der Waals surface area contributed by atoms with E-state index in [1.54, 1.807) is 6.33 Å². The molecule has 1 saturated carbocycles. The molecule has 1 fully saturated rings. The van der Waals surface area contributed by atoms with Crippen LogP contribution >= 0.6 is 11.6 Å². The van der Waals surface area contributed by atoms with Crippen molar-refractivity contribution in [1.29, 1.82) is 0 Å². The predicted molar refractivity (Wildman–Crippen MR) is 138 cm³/mol. The number of hydrogen-bond acceptors (Lipinski definition) is 2. The molecule has 0 spiro atoms. The molecule has 0 saturated heterocycles. The zero-order chi connectivity index (χ0) is 23.0. The lowest BCUT2D eigenvalue weighted by Crippen LogP contribution is -2.37. The van der Waals surface area contributed by atoms with Gasteiger partial charge >= 0.3 is 0 Å². The summed E-state index contributed by atoms with van der Waals surface area (Å²) in [5.74, 6) is 0.479. The van der Waals surface area contributed by atoms with Gasteiger partial charge in [0.05, 0.1) is 5.39 Å². The Morgan fingerprint density at radius 3 is 1.71 bits per heavy atom. The minimum atomic E-state index is -0.615. The highest BCUT2D eigenvalue weighted by Gasteiger charge is 2.41. The molecule has 34 heavy (non-hydrogen) atoms. The lowest BCUT2D eigenvalue weighted by Gasteiger charge is -2.38. The Labute approximate surface area is 205 Å². The minimum Gasteiger partial charge on any atom is -0.314 e. The summed E-state index contributed by atoms with van der Waals surface area (Å²) in [6.45, 7) is 0. The van der Waals surface area contributed by atoms with Crippen LogP contribution < -0.4 is 0 Å². The van der Waals surface area contributed by atoms with E-state index in [1.807, 2.05) is 0 Å². The molecule has 6 rings (SSSR count). The molecule has 0 bridgehead atoms. The summed E-state index contributed by atoms with van der Waals surface area (Å²) >= 11 is 6.78. The maximum absolute atomic E-state index is 6.78. The molecule has 0 amide bonds. The van der Waals surface area contributed by atoms with Crippen LogP contribution in [0.2, 0.25) is 5.15 Å². The summed E-state index contributed by atoms with van der Waals surface area (Å²) in [7, 11) is 0. The Balaban J connectivity index is 1.78. The van der Waals surface area contributed by atoms with Crippen LogP contribution in [-0.4, -0.2) is 14.5 Å². The lowest BCUT2D eigenvalue weighted by atomic mass is 9.76. The molecule has 1 aliphatic carbocycles. The van der Waals surface area contributed by atoms with Crippen LogP contribution in [0.5, 0.6) is 0 Å². The van der Waals surface area contributed by atoms with Gasteiger partial charge in [-0.15, -0.1) is 0 Å². The fourth-order valence-electron chi connectivity index (χ4n) is 5.81. The van der Waals surface area contributed by atoms with E-state index in [4.69, 9.17) is 16.6 Å². The molecule has 2 aromatic heterocycles. The third kappa shape index (κ3) is 3.26. The van der Waals surface area contributed by atoms with Crippen molar-refractivity contribution in [2.75, 3.05) is 0 Å². The van der Waals surface area contributed by atoms with Crippen molar-refractivity contribution >= 4 is 22.6 Å². The molecule has 1 aliphatic rings. The standard InChI is InChI=1S/C30H26ClN3/c31-28-27-26(22-12-10-11-13-22)20-34(29(27)33-21-32-28)30(23-14-4-1-5-15-23,24-16-6-2-7-17-24)25-18-8-3-9-19-25/h1-9,14-22H,10-13H2. The number of rotatable bonds is 5. The fraction of sp³-hybridized carbons (Fsp3) is 0.200. The molecule has 2 heterocycles. The average Bonchev–Trinajstić information content (AvgIpc) is 3.56. The van der Waals surface area contributed by atoms with E-state index in [2.05, 4.69) is 107 Å². The van der Waals surface area contributed by atoms with Crippen molar-refractivity contribution < 1.29 is 0 Å². The molecule has 0 unspecified atom stereocenters. The van der Waals surface area contributed by atoms with Gasteiger partial charge in [-0.1, -0.05) is 115 Å². The second-order valence-electron chi connectivity index (χ2n) is 9.11. The number of nitrogens with zero attached hydrogens (tertiary/aromatic N) is 3. The Bertz CT molecular complexity index is 1310. The largest absolute Gasteiger partial charge is 0.314 e. The summed E-state index contributed by atoms with van der Waals surface area (Å²) in [6.07, 6.45) is 8.77. The Hall–Kier alpha value is -3.43. The normalized spacial score (nSPS) is 14.6. The molecule has 3 nitrogen and oxygen atoms in total. The summed E-state index contributed by atoms with van der Waals surface area (Å²) in [5, 5.41) is 1.52. The highest BCUT2D eigenvalue weighted by molar-refractivity contribution is 6.34. The van der Waals surface area contributed by atoms with E-state index in [0.717, 1.165) is 11.0 Å². The van der Waals surface area contributed by atoms with Crippen LogP contribution in [0, 0.1) is 0 Å². The van der Waals surface area contributed by atoms with Gasteiger partial charge in [0.25, 0.3) is 0 Å². The van der Waals surface area contributed by atoms with Crippen molar-refractivity contribution in [3.63, 3.8) is 0 Å². The number of aromatic nitrogens is 3. The third-order valence-corrected chi connectivity index (χ3v) is 7.58. The van der Waals surface area contributed by atoms with Gasteiger partial charge in [-0.2, -0.15) is 0 Å². The molecular weight excluding hydrogens is 438 g/mol. The number of benzene rings is 3. The zero-order valence-electron chi connectivity index (χ0n) is 18.9. The Morgan fingerprint density at radius 1 is 0.706 bits per heavy atom. The van der Waals surface area contributed by atoms with Gasteiger partial charge in [-0.3, -0.25) is 0 Å². The number of hydrogen-bond donors (Lipinski definition) is 0. The first-order valence-corrected chi connectivity index (χ1v) is 12.4. The van der Waals surface area contributed by atoms with E-state index in [1.165, 1.54) is 47.9 Å². The fourth-order valence-corrected chi connectivity index (χ4v) is 6.05. The maximum atomic E-state index is 6.78. The predicted octanol–water partition coefficient (Wildman–Crippen LogP) is 7.58. The van der Waals surface area contributed by atoms with Gasteiger partial charge < -0.3 is 4.57 Å². The molecule has 168 valence electrons. The lowest BCUT2D eigenvalue weighted by molar-refractivity contribution is 0.526. The second-order valence-corrected chi connectivity index (χ2v) is 9.47. The first-order chi connectivity index (χ1) is 16.8. The first kappa shape index (κ1) is 21.1. The number of halogens is 1. The van der Waals surface area contributed by atoms with Crippen molar-refractivity contribution in [1.82, 2.24) is 14.5 Å². The Kier molecular flexibility index (Phi) is 5.43. The summed E-state index contributed by atoms with van der Waals surface area (Å²) < 4.78 is 2.35. The summed E-state index contributed by atoms with van der Waals surface area (Å²) in [5.41, 5.74) is 5.06. The van der Waals surface area contributed by atoms with Crippen LogP contribution in [0.4, 0.5) is 0 Å². The smallest absolute Gasteiger partial charge is 0.146 e. The topological polar surface area (TPSA) is 30.7 Å². The quantitative estimate of drug-likeness (QED) is 0.198. The molecule has 3 aromatic carbocycles. The monoisotopic (exact) mass is 463 g/mol. The van der Waals surface area contributed by atoms with Gasteiger partial charge in [0.15, 0.2) is 0 Å². The molecule has 0 aliphatic heterocycles. The van der Waals surface area contributed by atoms with E-state index in [9.17, 15) is 0 Å². The zero-order valence-corrected chi connectivity index (χ0v) is 19.7. The van der Waals surface area contributed by atoms with Crippen LogP contribution in [0.25, 0.3) is 11.0 Å². The molecule has 0 N–H and O–H groups in total. The molecule has 5 aromatic rings. The van der Waals surface area contributed by atoms with E-state index in [-0.39, 0.29) is 0 Å². The van der Waals surface area contributed by atoms with Gasteiger partial charge in [-0.05, 0) is 41.0 Å². The summed E-state index contributed by atoms with van der Waals surface area (Å²) in [6, 6.07) is 32.2. The highest BCUT2D eigenvalue weighted by atomic mass is 35.5.